The maximum Gasteiger partial charge on any atom is 0.250 e. The van der Waals surface area contributed by atoms with Gasteiger partial charge in [-0.25, -0.2) is 13.1 Å². The van der Waals surface area contributed by atoms with E-state index in [2.05, 4.69) is 14.6 Å². The number of thiophene rings is 1. The summed E-state index contributed by atoms with van der Waals surface area (Å²) in [5.41, 5.74) is 1.00. The van der Waals surface area contributed by atoms with Crippen molar-refractivity contribution in [3.05, 3.63) is 47.6 Å². The van der Waals surface area contributed by atoms with Crippen LogP contribution in [-0.4, -0.2) is 51.1 Å². The molecule has 0 radical (unpaired) electrons. The van der Waals surface area contributed by atoms with Gasteiger partial charge in [-0.1, -0.05) is 12.1 Å². The van der Waals surface area contributed by atoms with Crippen molar-refractivity contribution in [2.24, 2.45) is 0 Å². The Bertz CT molecular complexity index is 699. The highest BCUT2D eigenvalue weighted by molar-refractivity contribution is 7.91. The highest BCUT2D eigenvalue weighted by Gasteiger charge is 2.25. The number of hydrogen-bond donors (Lipinski definition) is 1. The molecule has 6 nitrogen and oxygen atoms in total. The zero-order chi connectivity index (χ0) is 16.1. The van der Waals surface area contributed by atoms with Crippen LogP contribution in [0.1, 0.15) is 11.6 Å². The molecule has 3 heterocycles. The molecule has 0 spiro atoms. The molecule has 1 atom stereocenters. The summed E-state index contributed by atoms with van der Waals surface area (Å²) in [5, 5.41) is 1.76. The van der Waals surface area contributed by atoms with Crippen molar-refractivity contribution in [1.29, 1.82) is 0 Å². The predicted molar refractivity (Wildman–Crippen MR) is 88.9 cm³/mol. The fourth-order valence-electron chi connectivity index (χ4n) is 2.60. The van der Waals surface area contributed by atoms with Crippen LogP contribution in [0.15, 0.2) is 46.2 Å². The molecular formula is C15H19N3O3S2. The number of hydrogen-bond acceptors (Lipinski definition) is 6. The summed E-state index contributed by atoms with van der Waals surface area (Å²) < 4.78 is 33.2. The van der Waals surface area contributed by atoms with E-state index in [1.165, 1.54) is 11.3 Å². The average Bonchev–Trinajstić information content (AvgIpc) is 3.12. The summed E-state index contributed by atoms with van der Waals surface area (Å²) in [6, 6.07) is 7.14. The van der Waals surface area contributed by atoms with Crippen molar-refractivity contribution in [1.82, 2.24) is 14.6 Å². The molecule has 8 heteroatoms. The van der Waals surface area contributed by atoms with E-state index in [9.17, 15) is 8.42 Å². The summed E-state index contributed by atoms with van der Waals surface area (Å²) in [4.78, 5) is 6.40. The zero-order valence-electron chi connectivity index (χ0n) is 12.6. The predicted octanol–water partition coefficient (Wildman–Crippen LogP) is 1.49. The molecule has 1 saturated heterocycles. The Balaban J connectivity index is 1.76. The first kappa shape index (κ1) is 16.5. The van der Waals surface area contributed by atoms with E-state index >= 15 is 0 Å². The normalized spacial score (nSPS) is 17.9. The third kappa shape index (κ3) is 4.15. The number of ether oxygens (including phenoxy) is 1. The van der Waals surface area contributed by atoms with Gasteiger partial charge < -0.3 is 4.74 Å². The Hall–Kier alpha value is -1.32. The number of rotatable bonds is 6. The van der Waals surface area contributed by atoms with Crippen LogP contribution < -0.4 is 4.72 Å². The minimum Gasteiger partial charge on any atom is -0.379 e. The van der Waals surface area contributed by atoms with Gasteiger partial charge in [0.05, 0.1) is 19.3 Å². The summed E-state index contributed by atoms with van der Waals surface area (Å²) in [5.74, 6) is 0. The molecule has 0 amide bonds. The van der Waals surface area contributed by atoms with Crippen LogP contribution >= 0.6 is 11.3 Å². The van der Waals surface area contributed by atoms with Crippen LogP contribution in [0.3, 0.4) is 0 Å². The van der Waals surface area contributed by atoms with E-state index in [1.54, 1.807) is 29.9 Å². The number of sulfonamides is 1. The first-order valence-electron chi connectivity index (χ1n) is 7.42. The quantitative estimate of drug-likeness (QED) is 0.852. The molecule has 1 fully saturated rings. The molecule has 23 heavy (non-hydrogen) atoms. The van der Waals surface area contributed by atoms with Crippen molar-refractivity contribution < 1.29 is 13.2 Å². The molecule has 2 aromatic rings. The second-order valence-corrected chi connectivity index (χ2v) is 8.18. The average molecular weight is 353 g/mol. The Morgan fingerprint density at radius 2 is 2.13 bits per heavy atom. The number of nitrogens with one attached hydrogen (secondary N) is 1. The van der Waals surface area contributed by atoms with Crippen molar-refractivity contribution >= 4 is 21.4 Å². The van der Waals surface area contributed by atoms with Gasteiger partial charge in [-0.2, -0.15) is 0 Å². The minimum atomic E-state index is -3.47. The highest BCUT2D eigenvalue weighted by atomic mass is 32.2. The summed E-state index contributed by atoms with van der Waals surface area (Å²) in [6.07, 6.45) is 3.51. The second kappa shape index (κ2) is 7.50. The van der Waals surface area contributed by atoms with Crippen LogP contribution in [0, 0.1) is 0 Å². The Labute approximate surface area is 140 Å². The van der Waals surface area contributed by atoms with E-state index in [0.29, 0.717) is 24.0 Å². The second-order valence-electron chi connectivity index (χ2n) is 5.23. The Morgan fingerprint density at radius 3 is 2.78 bits per heavy atom. The van der Waals surface area contributed by atoms with E-state index in [0.717, 1.165) is 18.7 Å². The molecule has 0 aliphatic carbocycles. The van der Waals surface area contributed by atoms with Gasteiger partial charge in [0.2, 0.25) is 10.0 Å². The van der Waals surface area contributed by atoms with Gasteiger partial charge in [-0.3, -0.25) is 9.88 Å². The van der Waals surface area contributed by atoms with E-state index in [-0.39, 0.29) is 6.04 Å². The molecule has 2 aromatic heterocycles. The third-order valence-corrected chi connectivity index (χ3v) is 6.60. The first-order chi connectivity index (χ1) is 11.2. The van der Waals surface area contributed by atoms with Gasteiger partial charge in [-0.15, -0.1) is 11.3 Å². The monoisotopic (exact) mass is 353 g/mol. The van der Waals surface area contributed by atoms with Gasteiger partial charge >= 0.3 is 0 Å². The molecule has 3 rings (SSSR count). The molecule has 0 aromatic carbocycles. The van der Waals surface area contributed by atoms with Crippen LogP contribution in [0.25, 0.3) is 0 Å². The highest BCUT2D eigenvalue weighted by Crippen LogP contribution is 2.22. The molecule has 1 N–H and O–H groups in total. The molecule has 0 unspecified atom stereocenters. The molecule has 0 saturated carbocycles. The van der Waals surface area contributed by atoms with Gasteiger partial charge in [0.25, 0.3) is 0 Å². The van der Waals surface area contributed by atoms with Gasteiger partial charge in [0.15, 0.2) is 0 Å². The first-order valence-corrected chi connectivity index (χ1v) is 9.78. The fraction of sp³-hybridized carbons (Fsp3) is 0.400. The fourth-order valence-corrected chi connectivity index (χ4v) is 4.67. The standard InChI is InChI=1S/C15H19N3O3S2/c19-23(20,15-4-2-10-22-15)17-12-14(13-3-1-5-16-11-13)18-6-8-21-9-7-18/h1-5,10-11,14,17H,6-9,12H2/t14-/m0/s1. The van der Waals surface area contributed by atoms with Crippen LogP contribution in [-0.2, 0) is 14.8 Å². The summed E-state index contributed by atoms with van der Waals surface area (Å²) >= 11 is 1.22. The Morgan fingerprint density at radius 1 is 1.30 bits per heavy atom. The number of nitrogens with zero attached hydrogens (tertiary/aromatic N) is 2. The van der Waals surface area contributed by atoms with Gasteiger partial charge in [0.1, 0.15) is 4.21 Å². The van der Waals surface area contributed by atoms with E-state index < -0.39 is 10.0 Å². The smallest absolute Gasteiger partial charge is 0.250 e. The third-order valence-electron chi connectivity index (χ3n) is 3.78. The largest absolute Gasteiger partial charge is 0.379 e. The number of pyridine rings is 1. The minimum absolute atomic E-state index is 0.0534. The zero-order valence-corrected chi connectivity index (χ0v) is 14.2. The van der Waals surface area contributed by atoms with Gasteiger partial charge in [-0.05, 0) is 23.1 Å². The summed E-state index contributed by atoms with van der Waals surface area (Å²) in [7, 11) is -3.47. The maximum absolute atomic E-state index is 12.4. The molecular weight excluding hydrogens is 334 g/mol. The number of aromatic nitrogens is 1. The van der Waals surface area contributed by atoms with Crippen molar-refractivity contribution in [2.45, 2.75) is 10.3 Å². The lowest BCUT2D eigenvalue weighted by Gasteiger charge is -2.34. The SMILES string of the molecule is O=S(=O)(NC[C@@H](c1cccnc1)N1CCOCC1)c1cccs1. The molecule has 1 aliphatic heterocycles. The van der Waals surface area contributed by atoms with Gasteiger partial charge in [0, 0.05) is 32.0 Å². The lowest BCUT2D eigenvalue weighted by Crippen LogP contribution is -2.43. The molecule has 1 aliphatic rings. The van der Waals surface area contributed by atoms with Crippen LogP contribution in [0.5, 0.6) is 0 Å². The van der Waals surface area contributed by atoms with Crippen molar-refractivity contribution in [2.75, 3.05) is 32.8 Å². The van der Waals surface area contributed by atoms with Crippen LogP contribution in [0.4, 0.5) is 0 Å². The Kier molecular flexibility index (Phi) is 5.39. The number of morpholine rings is 1. The van der Waals surface area contributed by atoms with E-state index in [1.807, 2.05) is 12.1 Å². The lowest BCUT2D eigenvalue weighted by molar-refractivity contribution is 0.0171. The van der Waals surface area contributed by atoms with E-state index in [4.69, 9.17) is 4.74 Å². The van der Waals surface area contributed by atoms with Crippen molar-refractivity contribution in [3.8, 4) is 0 Å². The molecule has 0 bridgehead atoms. The maximum atomic E-state index is 12.4. The lowest BCUT2D eigenvalue weighted by atomic mass is 10.1. The van der Waals surface area contributed by atoms with Crippen molar-refractivity contribution in [3.63, 3.8) is 0 Å². The topological polar surface area (TPSA) is 71.5 Å². The summed E-state index contributed by atoms with van der Waals surface area (Å²) in [6.45, 7) is 3.19. The molecule has 124 valence electrons. The van der Waals surface area contributed by atoms with Crippen LogP contribution in [0.2, 0.25) is 0 Å².